The Kier molecular flexibility index (Phi) is 4.38. The van der Waals surface area contributed by atoms with Crippen LogP contribution in [0.25, 0.3) is 16.9 Å². The first-order valence-electron chi connectivity index (χ1n) is 8.38. The molecule has 0 fully saturated rings. The molecule has 0 aliphatic carbocycles. The van der Waals surface area contributed by atoms with Crippen LogP contribution in [0.2, 0.25) is 0 Å². The summed E-state index contributed by atoms with van der Waals surface area (Å²) in [6, 6.07) is 17.3. The maximum absolute atomic E-state index is 12.1. The second kappa shape index (κ2) is 7.14. The van der Waals surface area contributed by atoms with Crippen molar-refractivity contribution in [1.29, 1.82) is 0 Å². The molecule has 128 valence electrons. The molecule has 6 nitrogen and oxygen atoms in total. The van der Waals surface area contributed by atoms with Crippen molar-refractivity contribution >= 4 is 22.6 Å². The van der Waals surface area contributed by atoms with E-state index in [1.807, 2.05) is 59.2 Å². The van der Waals surface area contributed by atoms with Crippen molar-refractivity contribution in [1.82, 2.24) is 19.5 Å². The van der Waals surface area contributed by atoms with Crippen molar-refractivity contribution in [3.63, 3.8) is 0 Å². The van der Waals surface area contributed by atoms with Crippen molar-refractivity contribution < 1.29 is 4.79 Å². The average Bonchev–Trinajstić information content (AvgIpc) is 3.12. The van der Waals surface area contributed by atoms with Crippen LogP contribution in [0.3, 0.4) is 0 Å². The Hall–Kier alpha value is -3.54. The molecule has 0 bridgehead atoms. The number of nitrogens with one attached hydrogen (secondary N) is 1. The highest BCUT2D eigenvalue weighted by Crippen LogP contribution is 2.17. The molecule has 0 unspecified atom stereocenters. The van der Waals surface area contributed by atoms with Gasteiger partial charge < -0.3 is 5.32 Å². The average molecular weight is 343 g/mol. The smallest absolute Gasteiger partial charge is 0.224 e. The molecule has 0 radical (unpaired) electrons. The second-order valence-electron chi connectivity index (χ2n) is 5.88. The molecule has 0 aliphatic heterocycles. The number of hydrogen-bond acceptors (Lipinski definition) is 4. The largest absolute Gasteiger partial charge is 0.325 e. The van der Waals surface area contributed by atoms with Gasteiger partial charge in [0, 0.05) is 18.3 Å². The number of aromatic nitrogens is 4. The van der Waals surface area contributed by atoms with E-state index in [0.717, 1.165) is 22.5 Å². The standard InChI is InChI=1S/C20H17N5O/c26-20(11-9-15-5-3-4-12-21-15)24-16-8-10-19(22-13-16)25-14-23-17-6-1-2-7-18(17)25/h1-8,10,12-14H,9,11H2,(H,24,26). The molecular weight excluding hydrogens is 326 g/mol. The molecule has 4 rings (SSSR count). The Labute approximate surface area is 150 Å². The lowest BCUT2D eigenvalue weighted by Crippen LogP contribution is -2.13. The van der Waals surface area contributed by atoms with Crippen LogP contribution in [0.4, 0.5) is 5.69 Å². The zero-order chi connectivity index (χ0) is 17.8. The molecule has 1 amide bonds. The molecule has 0 spiro atoms. The highest BCUT2D eigenvalue weighted by atomic mass is 16.1. The van der Waals surface area contributed by atoms with Crippen LogP contribution in [-0.4, -0.2) is 25.4 Å². The topological polar surface area (TPSA) is 72.7 Å². The van der Waals surface area contributed by atoms with E-state index in [0.29, 0.717) is 18.5 Å². The first-order valence-corrected chi connectivity index (χ1v) is 8.38. The van der Waals surface area contributed by atoms with E-state index in [9.17, 15) is 4.79 Å². The summed E-state index contributed by atoms with van der Waals surface area (Å²) in [4.78, 5) is 25.1. The molecule has 26 heavy (non-hydrogen) atoms. The molecule has 0 saturated carbocycles. The first-order chi connectivity index (χ1) is 12.8. The van der Waals surface area contributed by atoms with Crippen molar-refractivity contribution in [2.45, 2.75) is 12.8 Å². The van der Waals surface area contributed by atoms with Gasteiger partial charge in [0.25, 0.3) is 0 Å². The number of anilines is 1. The summed E-state index contributed by atoms with van der Waals surface area (Å²) in [5.41, 5.74) is 3.49. The summed E-state index contributed by atoms with van der Waals surface area (Å²) >= 11 is 0. The van der Waals surface area contributed by atoms with Gasteiger partial charge in [0.15, 0.2) is 0 Å². The molecule has 3 heterocycles. The third-order valence-corrected chi connectivity index (χ3v) is 4.07. The van der Waals surface area contributed by atoms with E-state index in [2.05, 4.69) is 20.3 Å². The fraction of sp³-hybridized carbons (Fsp3) is 0.100. The van der Waals surface area contributed by atoms with E-state index in [-0.39, 0.29) is 5.91 Å². The number of rotatable bonds is 5. The zero-order valence-corrected chi connectivity index (χ0v) is 14.0. The van der Waals surface area contributed by atoms with Gasteiger partial charge in [-0.2, -0.15) is 0 Å². The number of aryl methyl sites for hydroxylation is 1. The van der Waals surface area contributed by atoms with Crippen molar-refractivity contribution in [2.75, 3.05) is 5.32 Å². The predicted octanol–water partition coefficient (Wildman–Crippen LogP) is 3.39. The van der Waals surface area contributed by atoms with Crippen molar-refractivity contribution in [3.8, 4) is 5.82 Å². The summed E-state index contributed by atoms with van der Waals surface area (Å²) in [6.45, 7) is 0. The summed E-state index contributed by atoms with van der Waals surface area (Å²) in [5, 5.41) is 2.87. The molecule has 1 N–H and O–H groups in total. The lowest BCUT2D eigenvalue weighted by molar-refractivity contribution is -0.116. The van der Waals surface area contributed by atoms with Crippen LogP contribution in [0.1, 0.15) is 12.1 Å². The molecule has 0 saturated heterocycles. The summed E-state index contributed by atoms with van der Waals surface area (Å²) in [5.74, 6) is 0.698. The van der Waals surface area contributed by atoms with Crippen LogP contribution in [-0.2, 0) is 11.2 Å². The number of fused-ring (bicyclic) bond motifs is 1. The van der Waals surface area contributed by atoms with E-state index in [4.69, 9.17) is 0 Å². The van der Waals surface area contributed by atoms with Crippen molar-refractivity contribution in [3.05, 3.63) is 79.0 Å². The van der Waals surface area contributed by atoms with Gasteiger partial charge in [0.2, 0.25) is 5.91 Å². The number of carbonyl (C=O) groups excluding carboxylic acids is 1. The zero-order valence-electron chi connectivity index (χ0n) is 14.0. The third kappa shape index (κ3) is 3.44. The SMILES string of the molecule is O=C(CCc1ccccn1)Nc1ccc(-n2cnc3ccccc32)nc1. The predicted molar refractivity (Wildman–Crippen MR) is 100 cm³/mol. The maximum atomic E-state index is 12.1. The van der Waals surface area contributed by atoms with Gasteiger partial charge in [0.1, 0.15) is 12.1 Å². The molecule has 4 aromatic rings. The monoisotopic (exact) mass is 343 g/mol. The Morgan fingerprint density at radius 2 is 1.85 bits per heavy atom. The molecule has 0 atom stereocenters. The third-order valence-electron chi connectivity index (χ3n) is 4.07. The van der Waals surface area contributed by atoms with Crippen LogP contribution < -0.4 is 5.32 Å². The van der Waals surface area contributed by atoms with Crippen LogP contribution in [0.15, 0.2) is 73.3 Å². The van der Waals surface area contributed by atoms with Crippen LogP contribution in [0.5, 0.6) is 0 Å². The molecule has 6 heteroatoms. The lowest BCUT2D eigenvalue weighted by atomic mass is 10.2. The van der Waals surface area contributed by atoms with Gasteiger partial charge in [-0.3, -0.25) is 14.3 Å². The highest BCUT2D eigenvalue weighted by molar-refractivity contribution is 5.90. The van der Waals surface area contributed by atoms with Gasteiger partial charge in [-0.15, -0.1) is 0 Å². The number of carbonyl (C=O) groups is 1. The molecule has 1 aromatic carbocycles. The molecule has 3 aromatic heterocycles. The minimum Gasteiger partial charge on any atom is -0.325 e. The number of amides is 1. The number of benzene rings is 1. The van der Waals surface area contributed by atoms with E-state index in [1.165, 1.54) is 0 Å². The van der Waals surface area contributed by atoms with E-state index < -0.39 is 0 Å². The molecule has 0 aliphatic rings. The van der Waals surface area contributed by atoms with E-state index in [1.54, 1.807) is 18.7 Å². The minimum absolute atomic E-state index is 0.0571. The van der Waals surface area contributed by atoms with Gasteiger partial charge in [-0.25, -0.2) is 9.97 Å². The lowest BCUT2D eigenvalue weighted by Gasteiger charge is -2.07. The summed E-state index contributed by atoms with van der Waals surface area (Å²) < 4.78 is 1.92. The van der Waals surface area contributed by atoms with Crippen molar-refractivity contribution in [2.24, 2.45) is 0 Å². The Bertz CT molecular complexity index is 1020. The van der Waals surface area contributed by atoms with E-state index >= 15 is 0 Å². The Balaban J connectivity index is 1.42. The fourth-order valence-electron chi connectivity index (χ4n) is 2.76. The number of para-hydroxylation sites is 2. The Morgan fingerprint density at radius 3 is 2.65 bits per heavy atom. The maximum Gasteiger partial charge on any atom is 0.224 e. The number of nitrogens with zero attached hydrogens (tertiary/aromatic N) is 4. The van der Waals surface area contributed by atoms with Gasteiger partial charge in [-0.05, 0) is 42.8 Å². The van der Waals surface area contributed by atoms with Gasteiger partial charge in [-0.1, -0.05) is 18.2 Å². The first kappa shape index (κ1) is 16.0. The van der Waals surface area contributed by atoms with Crippen LogP contribution in [0, 0.1) is 0 Å². The number of imidazole rings is 1. The van der Waals surface area contributed by atoms with Gasteiger partial charge >= 0.3 is 0 Å². The second-order valence-corrected chi connectivity index (χ2v) is 5.88. The minimum atomic E-state index is -0.0571. The normalized spacial score (nSPS) is 10.8. The highest BCUT2D eigenvalue weighted by Gasteiger charge is 2.07. The molecular formula is C20H17N5O. The number of pyridine rings is 2. The van der Waals surface area contributed by atoms with Gasteiger partial charge in [0.05, 0.1) is 22.9 Å². The fourth-order valence-corrected chi connectivity index (χ4v) is 2.76. The summed E-state index contributed by atoms with van der Waals surface area (Å²) in [7, 11) is 0. The number of hydrogen-bond donors (Lipinski definition) is 1. The summed E-state index contributed by atoms with van der Waals surface area (Å²) in [6.07, 6.45) is 6.13. The Morgan fingerprint density at radius 1 is 0.962 bits per heavy atom. The van der Waals surface area contributed by atoms with Crippen LogP contribution >= 0.6 is 0 Å². The quantitative estimate of drug-likeness (QED) is 0.603.